The van der Waals surface area contributed by atoms with Gasteiger partial charge in [0.05, 0.1) is 22.6 Å². The third-order valence-electron chi connectivity index (χ3n) is 5.44. The van der Waals surface area contributed by atoms with Crippen LogP contribution in [0.4, 0.5) is 8.78 Å². The summed E-state index contributed by atoms with van der Waals surface area (Å²) in [6.45, 7) is 7.34. The first kappa shape index (κ1) is 23.2. The molecule has 6 nitrogen and oxygen atoms in total. The highest BCUT2D eigenvalue weighted by molar-refractivity contribution is 5.57. The van der Waals surface area contributed by atoms with Gasteiger partial charge in [-0.2, -0.15) is 0 Å². The van der Waals surface area contributed by atoms with Crippen LogP contribution in [0.25, 0.3) is 17.1 Å². The molecule has 0 bridgehead atoms. The van der Waals surface area contributed by atoms with E-state index in [1.165, 1.54) is 12.1 Å². The van der Waals surface area contributed by atoms with Gasteiger partial charge in [-0.15, -0.1) is 0 Å². The van der Waals surface area contributed by atoms with Gasteiger partial charge in [-0.1, -0.05) is 13.8 Å². The number of hydrogen-bond acceptors (Lipinski definition) is 5. The first-order valence-electron chi connectivity index (χ1n) is 10.8. The molecule has 0 aliphatic rings. The molecule has 0 saturated heterocycles. The van der Waals surface area contributed by atoms with Crippen LogP contribution in [0.1, 0.15) is 42.4 Å². The Morgan fingerprint density at radius 2 is 1.74 bits per heavy atom. The third-order valence-corrected chi connectivity index (χ3v) is 5.44. The first-order valence-corrected chi connectivity index (χ1v) is 10.8. The first-order chi connectivity index (χ1) is 16.2. The number of nitrogens with zero attached hydrogens (tertiary/aromatic N) is 4. The molecule has 0 spiro atoms. The van der Waals surface area contributed by atoms with Gasteiger partial charge in [-0.05, 0) is 44.2 Å². The number of ether oxygens (including phenoxy) is 1. The van der Waals surface area contributed by atoms with Crippen LogP contribution in [-0.4, -0.2) is 19.5 Å². The summed E-state index contributed by atoms with van der Waals surface area (Å²) >= 11 is 0. The van der Waals surface area contributed by atoms with E-state index in [1.54, 1.807) is 55.1 Å². The van der Waals surface area contributed by atoms with Gasteiger partial charge >= 0.3 is 0 Å². The third kappa shape index (κ3) is 4.71. The van der Waals surface area contributed by atoms with E-state index in [-0.39, 0.29) is 23.6 Å². The number of aromatic nitrogens is 4. The van der Waals surface area contributed by atoms with E-state index in [4.69, 9.17) is 4.74 Å². The van der Waals surface area contributed by atoms with E-state index in [2.05, 4.69) is 15.0 Å². The lowest BCUT2D eigenvalue weighted by Crippen LogP contribution is -2.23. The minimum atomic E-state index is -0.697. The van der Waals surface area contributed by atoms with Gasteiger partial charge in [0.1, 0.15) is 29.8 Å². The number of hydrogen-bond donors (Lipinski definition) is 0. The largest absolute Gasteiger partial charge is 0.488 e. The van der Waals surface area contributed by atoms with Crippen molar-refractivity contribution in [1.82, 2.24) is 19.5 Å². The summed E-state index contributed by atoms with van der Waals surface area (Å²) in [6.07, 6.45) is 3.33. The molecule has 4 aromatic rings. The van der Waals surface area contributed by atoms with Crippen molar-refractivity contribution in [2.75, 3.05) is 0 Å². The minimum Gasteiger partial charge on any atom is -0.488 e. The van der Waals surface area contributed by atoms with E-state index in [0.717, 1.165) is 6.07 Å². The lowest BCUT2D eigenvalue weighted by molar-refractivity contribution is 0.296. The Hall–Kier alpha value is -3.94. The van der Waals surface area contributed by atoms with E-state index in [0.29, 0.717) is 39.9 Å². The van der Waals surface area contributed by atoms with Crippen molar-refractivity contribution in [3.05, 3.63) is 99.5 Å². The SMILES string of the molecule is Cc1c(OCc2ccc(F)cc2F)cc(C)n(-c2ccnc(-c3ccnc(C(C)C)n3)c2)c1=O. The van der Waals surface area contributed by atoms with Crippen molar-refractivity contribution in [2.24, 2.45) is 0 Å². The van der Waals surface area contributed by atoms with Gasteiger partial charge in [0.2, 0.25) is 0 Å². The molecule has 174 valence electrons. The maximum atomic E-state index is 13.9. The molecule has 1 aromatic carbocycles. The molecular formula is C26H24F2N4O2. The molecule has 3 aromatic heterocycles. The second-order valence-electron chi connectivity index (χ2n) is 8.29. The normalized spacial score (nSPS) is 11.1. The lowest BCUT2D eigenvalue weighted by atomic mass is 10.1. The number of benzene rings is 1. The van der Waals surface area contributed by atoms with E-state index in [9.17, 15) is 13.6 Å². The highest BCUT2D eigenvalue weighted by Crippen LogP contribution is 2.23. The summed E-state index contributed by atoms with van der Waals surface area (Å²) in [7, 11) is 0. The Labute approximate surface area is 195 Å². The molecule has 0 amide bonds. The van der Waals surface area contributed by atoms with Gasteiger partial charge in [0.25, 0.3) is 5.56 Å². The zero-order valence-electron chi connectivity index (χ0n) is 19.3. The maximum absolute atomic E-state index is 13.9. The summed E-state index contributed by atoms with van der Waals surface area (Å²) in [4.78, 5) is 26.5. The molecular weight excluding hydrogens is 438 g/mol. The van der Waals surface area contributed by atoms with Crippen LogP contribution >= 0.6 is 0 Å². The average molecular weight is 463 g/mol. The average Bonchev–Trinajstić information content (AvgIpc) is 2.82. The monoisotopic (exact) mass is 462 g/mol. The smallest absolute Gasteiger partial charge is 0.261 e. The predicted molar refractivity (Wildman–Crippen MR) is 125 cm³/mol. The molecule has 0 fully saturated rings. The van der Waals surface area contributed by atoms with Crippen LogP contribution in [0.2, 0.25) is 0 Å². The molecule has 0 N–H and O–H groups in total. The summed E-state index contributed by atoms with van der Waals surface area (Å²) in [5.41, 5.74) is 2.87. The highest BCUT2D eigenvalue weighted by atomic mass is 19.1. The number of pyridine rings is 2. The second kappa shape index (κ2) is 9.51. The minimum absolute atomic E-state index is 0.124. The van der Waals surface area contributed by atoms with Crippen molar-refractivity contribution < 1.29 is 13.5 Å². The number of halogens is 2. The molecule has 0 aliphatic carbocycles. The molecule has 0 atom stereocenters. The Morgan fingerprint density at radius 3 is 2.47 bits per heavy atom. The van der Waals surface area contributed by atoms with Crippen molar-refractivity contribution in [2.45, 2.75) is 40.2 Å². The maximum Gasteiger partial charge on any atom is 0.261 e. The van der Waals surface area contributed by atoms with Crippen LogP contribution < -0.4 is 10.3 Å². The summed E-state index contributed by atoms with van der Waals surface area (Å²) in [5, 5.41) is 0. The van der Waals surface area contributed by atoms with Crippen molar-refractivity contribution in [1.29, 1.82) is 0 Å². The van der Waals surface area contributed by atoms with E-state index >= 15 is 0 Å². The Bertz CT molecular complexity index is 1420. The Balaban J connectivity index is 1.67. The summed E-state index contributed by atoms with van der Waals surface area (Å²) in [5.74, 6) is -0.124. The standard InChI is InChI=1S/C26H24F2N4O2/c1-15(2)25-30-10-8-22(31-25)23-13-20(7-9-29-23)32-16(3)11-24(17(4)26(32)33)34-14-18-5-6-19(27)12-21(18)28/h5-13,15H,14H2,1-4H3. The van der Waals surface area contributed by atoms with E-state index in [1.807, 2.05) is 13.8 Å². The molecule has 0 saturated carbocycles. The fourth-order valence-electron chi connectivity index (χ4n) is 3.55. The van der Waals surface area contributed by atoms with Crippen LogP contribution in [0.5, 0.6) is 5.75 Å². The fraction of sp³-hybridized carbons (Fsp3) is 0.231. The summed E-state index contributed by atoms with van der Waals surface area (Å²) in [6, 6.07) is 10.3. The van der Waals surface area contributed by atoms with Crippen molar-refractivity contribution in [3.8, 4) is 22.8 Å². The van der Waals surface area contributed by atoms with Crippen LogP contribution in [0, 0.1) is 25.5 Å². The van der Waals surface area contributed by atoms with Gasteiger partial charge in [-0.25, -0.2) is 18.7 Å². The molecule has 0 radical (unpaired) electrons. The van der Waals surface area contributed by atoms with Crippen LogP contribution in [0.3, 0.4) is 0 Å². The van der Waals surface area contributed by atoms with Crippen molar-refractivity contribution in [3.63, 3.8) is 0 Å². The zero-order chi connectivity index (χ0) is 24.4. The molecule has 3 heterocycles. The fourth-order valence-corrected chi connectivity index (χ4v) is 3.55. The highest BCUT2D eigenvalue weighted by Gasteiger charge is 2.15. The topological polar surface area (TPSA) is 69.9 Å². The summed E-state index contributed by atoms with van der Waals surface area (Å²) < 4.78 is 34.4. The molecule has 8 heteroatoms. The van der Waals surface area contributed by atoms with Crippen LogP contribution in [-0.2, 0) is 6.61 Å². The Morgan fingerprint density at radius 1 is 0.971 bits per heavy atom. The number of aryl methyl sites for hydroxylation is 1. The Kier molecular flexibility index (Phi) is 6.49. The molecule has 0 aliphatic heterocycles. The predicted octanol–water partition coefficient (Wildman–Crippen LogP) is 5.29. The van der Waals surface area contributed by atoms with Gasteiger partial charge in [-0.3, -0.25) is 14.3 Å². The molecule has 0 unspecified atom stereocenters. The zero-order valence-corrected chi connectivity index (χ0v) is 19.3. The van der Waals surface area contributed by atoms with Gasteiger partial charge in [0, 0.05) is 41.7 Å². The van der Waals surface area contributed by atoms with Gasteiger partial charge < -0.3 is 4.74 Å². The van der Waals surface area contributed by atoms with Gasteiger partial charge in [0.15, 0.2) is 0 Å². The molecule has 34 heavy (non-hydrogen) atoms. The molecule has 4 rings (SSSR count). The van der Waals surface area contributed by atoms with E-state index < -0.39 is 11.6 Å². The number of rotatable bonds is 6. The van der Waals surface area contributed by atoms with Crippen molar-refractivity contribution >= 4 is 0 Å². The second-order valence-corrected chi connectivity index (χ2v) is 8.29. The quantitative estimate of drug-likeness (QED) is 0.390. The lowest BCUT2D eigenvalue weighted by Gasteiger charge is -2.16. The van der Waals surface area contributed by atoms with Crippen LogP contribution in [0.15, 0.2) is 59.7 Å².